The van der Waals surface area contributed by atoms with Gasteiger partial charge < -0.3 is 9.84 Å². The molecule has 1 N–H and O–H groups in total. The van der Waals surface area contributed by atoms with Crippen LogP contribution in [0.1, 0.15) is 57.6 Å². The third-order valence-electron chi connectivity index (χ3n) is 4.59. The maximum atomic E-state index is 9.72. The number of benzene rings is 1. The van der Waals surface area contributed by atoms with Crippen molar-refractivity contribution in [2.24, 2.45) is 0 Å². The van der Waals surface area contributed by atoms with Crippen LogP contribution in [0.3, 0.4) is 0 Å². The van der Waals surface area contributed by atoms with Crippen molar-refractivity contribution in [3.05, 3.63) is 23.8 Å². The fourth-order valence-corrected chi connectivity index (χ4v) is 3.41. The van der Waals surface area contributed by atoms with Crippen LogP contribution in [0.15, 0.2) is 18.2 Å². The summed E-state index contributed by atoms with van der Waals surface area (Å²) in [5, 5.41) is 9.72. The Hall–Kier alpha value is -1.22. The van der Waals surface area contributed by atoms with Crippen molar-refractivity contribution in [3.8, 4) is 11.5 Å². The number of rotatable bonds is 5. The number of phenols is 1. The Kier molecular flexibility index (Phi) is 5.30. The Labute approximate surface area is 122 Å². The van der Waals surface area contributed by atoms with Crippen molar-refractivity contribution in [2.75, 3.05) is 13.7 Å². The molecule has 0 spiro atoms. The van der Waals surface area contributed by atoms with Crippen LogP contribution in [-0.4, -0.2) is 29.7 Å². The van der Waals surface area contributed by atoms with E-state index in [0.29, 0.717) is 17.8 Å². The first-order valence-electron chi connectivity index (χ1n) is 7.80. The fraction of sp³-hybridized carbons (Fsp3) is 0.647. The molecule has 1 aliphatic carbocycles. The van der Waals surface area contributed by atoms with Crippen LogP contribution in [0.4, 0.5) is 0 Å². The second kappa shape index (κ2) is 6.98. The Balaban J connectivity index is 2.16. The van der Waals surface area contributed by atoms with Gasteiger partial charge in [-0.2, -0.15) is 0 Å². The molecule has 1 atom stereocenters. The van der Waals surface area contributed by atoms with Gasteiger partial charge in [-0.15, -0.1) is 0 Å². The lowest BCUT2D eigenvalue weighted by atomic mass is 9.92. The molecule has 112 valence electrons. The minimum Gasteiger partial charge on any atom is -0.504 e. The molecule has 1 aliphatic rings. The predicted octanol–water partition coefficient (Wildman–Crippen LogP) is 4.12. The highest BCUT2D eigenvalue weighted by molar-refractivity contribution is 5.42. The quantitative estimate of drug-likeness (QED) is 0.879. The molecule has 3 heteroatoms. The van der Waals surface area contributed by atoms with Gasteiger partial charge in [-0.3, -0.25) is 4.90 Å². The normalized spacial score (nSPS) is 18.2. The first-order chi connectivity index (χ1) is 9.67. The second-order valence-electron chi connectivity index (χ2n) is 5.73. The van der Waals surface area contributed by atoms with Gasteiger partial charge in [0.05, 0.1) is 7.11 Å². The van der Waals surface area contributed by atoms with Crippen LogP contribution in [0.5, 0.6) is 11.5 Å². The van der Waals surface area contributed by atoms with E-state index in [4.69, 9.17) is 4.74 Å². The van der Waals surface area contributed by atoms with Gasteiger partial charge in [0.1, 0.15) is 0 Å². The molecule has 0 heterocycles. The zero-order valence-corrected chi connectivity index (χ0v) is 12.9. The van der Waals surface area contributed by atoms with Gasteiger partial charge in [0.15, 0.2) is 11.5 Å². The summed E-state index contributed by atoms with van der Waals surface area (Å²) in [5.41, 5.74) is 1.21. The molecule has 1 unspecified atom stereocenters. The summed E-state index contributed by atoms with van der Waals surface area (Å²) in [5.74, 6) is 0.776. The molecule has 20 heavy (non-hydrogen) atoms. The molecule has 0 aliphatic heterocycles. The van der Waals surface area contributed by atoms with Gasteiger partial charge in [0.2, 0.25) is 0 Å². The summed E-state index contributed by atoms with van der Waals surface area (Å²) in [4.78, 5) is 2.59. The summed E-state index contributed by atoms with van der Waals surface area (Å²) in [6.07, 6.45) is 6.72. The Bertz CT molecular complexity index is 427. The molecular weight excluding hydrogens is 250 g/mol. The fourth-order valence-electron chi connectivity index (χ4n) is 3.41. The standard InChI is InChI=1S/C17H27NO2/c1-4-18(15-8-6-5-7-9-15)13(2)14-10-11-16(19)17(12-14)20-3/h10-13,15,19H,4-9H2,1-3H3. The second-order valence-corrected chi connectivity index (χ2v) is 5.73. The van der Waals surface area contributed by atoms with Crippen LogP contribution in [0.25, 0.3) is 0 Å². The highest BCUT2D eigenvalue weighted by Crippen LogP contribution is 2.34. The van der Waals surface area contributed by atoms with Crippen molar-refractivity contribution < 1.29 is 9.84 Å². The number of hydrogen-bond acceptors (Lipinski definition) is 3. The molecule has 2 rings (SSSR count). The highest BCUT2D eigenvalue weighted by atomic mass is 16.5. The van der Waals surface area contributed by atoms with E-state index in [-0.39, 0.29) is 5.75 Å². The minimum absolute atomic E-state index is 0.212. The van der Waals surface area contributed by atoms with E-state index in [1.807, 2.05) is 12.1 Å². The molecule has 0 bridgehead atoms. The van der Waals surface area contributed by atoms with Crippen LogP contribution in [-0.2, 0) is 0 Å². The van der Waals surface area contributed by atoms with E-state index in [0.717, 1.165) is 6.54 Å². The zero-order chi connectivity index (χ0) is 14.5. The molecule has 0 aromatic heterocycles. The number of hydrogen-bond donors (Lipinski definition) is 1. The molecule has 1 saturated carbocycles. The van der Waals surface area contributed by atoms with Crippen molar-refractivity contribution in [3.63, 3.8) is 0 Å². The Morgan fingerprint density at radius 1 is 1.30 bits per heavy atom. The number of nitrogens with zero attached hydrogens (tertiary/aromatic N) is 1. The first-order valence-corrected chi connectivity index (χ1v) is 7.80. The third kappa shape index (κ3) is 3.26. The van der Waals surface area contributed by atoms with Gasteiger partial charge >= 0.3 is 0 Å². The lowest BCUT2D eigenvalue weighted by Gasteiger charge is -2.38. The maximum Gasteiger partial charge on any atom is 0.160 e. The molecule has 0 saturated heterocycles. The highest BCUT2D eigenvalue weighted by Gasteiger charge is 2.25. The van der Waals surface area contributed by atoms with Gasteiger partial charge in [-0.1, -0.05) is 32.3 Å². The van der Waals surface area contributed by atoms with Crippen LogP contribution in [0, 0.1) is 0 Å². The predicted molar refractivity (Wildman–Crippen MR) is 82.3 cm³/mol. The van der Waals surface area contributed by atoms with Crippen LogP contribution in [0.2, 0.25) is 0 Å². The number of aromatic hydroxyl groups is 1. The van der Waals surface area contributed by atoms with Crippen molar-refractivity contribution in [1.82, 2.24) is 4.90 Å². The van der Waals surface area contributed by atoms with E-state index < -0.39 is 0 Å². The monoisotopic (exact) mass is 277 g/mol. The average Bonchev–Trinajstić information content (AvgIpc) is 2.49. The number of ether oxygens (including phenoxy) is 1. The molecular formula is C17H27NO2. The first kappa shape index (κ1) is 15.2. The Morgan fingerprint density at radius 2 is 2.00 bits per heavy atom. The lowest BCUT2D eigenvalue weighted by Crippen LogP contribution is -2.38. The zero-order valence-electron chi connectivity index (χ0n) is 12.9. The van der Waals surface area contributed by atoms with E-state index in [1.165, 1.54) is 37.7 Å². The smallest absolute Gasteiger partial charge is 0.160 e. The third-order valence-corrected chi connectivity index (χ3v) is 4.59. The topological polar surface area (TPSA) is 32.7 Å². The molecule has 1 fully saturated rings. The van der Waals surface area contributed by atoms with Crippen molar-refractivity contribution >= 4 is 0 Å². The summed E-state index contributed by atoms with van der Waals surface area (Å²) in [6, 6.07) is 6.76. The lowest BCUT2D eigenvalue weighted by molar-refractivity contribution is 0.119. The minimum atomic E-state index is 0.212. The van der Waals surface area contributed by atoms with E-state index >= 15 is 0 Å². The van der Waals surface area contributed by atoms with Crippen LogP contribution < -0.4 is 4.74 Å². The molecule has 0 amide bonds. The maximum absolute atomic E-state index is 9.72. The number of phenolic OH excluding ortho intramolecular Hbond substituents is 1. The van der Waals surface area contributed by atoms with Crippen LogP contribution >= 0.6 is 0 Å². The summed E-state index contributed by atoms with van der Waals surface area (Å²) < 4.78 is 5.23. The summed E-state index contributed by atoms with van der Waals surface area (Å²) in [6.45, 7) is 5.56. The van der Waals surface area contributed by atoms with Gasteiger partial charge in [0.25, 0.3) is 0 Å². The van der Waals surface area contributed by atoms with Gasteiger partial charge in [-0.25, -0.2) is 0 Å². The number of methoxy groups -OCH3 is 1. The van der Waals surface area contributed by atoms with Crippen molar-refractivity contribution in [2.45, 2.75) is 58.0 Å². The SMILES string of the molecule is CCN(C1CCCCC1)C(C)c1ccc(O)c(OC)c1. The van der Waals surface area contributed by atoms with Gasteiger partial charge in [-0.05, 0) is 44.0 Å². The summed E-state index contributed by atoms with van der Waals surface area (Å²) >= 11 is 0. The largest absolute Gasteiger partial charge is 0.504 e. The Morgan fingerprint density at radius 3 is 2.60 bits per heavy atom. The average molecular weight is 277 g/mol. The molecule has 3 nitrogen and oxygen atoms in total. The van der Waals surface area contributed by atoms with E-state index in [9.17, 15) is 5.11 Å². The molecule has 1 aromatic carbocycles. The molecule has 0 radical (unpaired) electrons. The van der Waals surface area contributed by atoms with E-state index in [1.54, 1.807) is 13.2 Å². The molecule has 1 aromatic rings. The van der Waals surface area contributed by atoms with E-state index in [2.05, 4.69) is 18.7 Å². The summed E-state index contributed by atoms with van der Waals surface area (Å²) in [7, 11) is 1.60. The van der Waals surface area contributed by atoms with Crippen molar-refractivity contribution in [1.29, 1.82) is 0 Å². The van der Waals surface area contributed by atoms with Gasteiger partial charge in [0, 0.05) is 12.1 Å².